The molecule has 2 rings (SSSR count). The van der Waals surface area contributed by atoms with Crippen LogP contribution < -0.4 is 5.32 Å². The summed E-state index contributed by atoms with van der Waals surface area (Å²) < 4.78 is 2.43. The van der Waals surface area contributed by atoms with Gasteiger partial charge in [-0.1, -0.05) is 13.8 Å². The topological polar surface area (TPSA) is 33.1 Å². The molecule has 1 aromatic heterocycles. The van der Waals surface area contributed by atoms with Crippen LogP contribution in [0.5, 0.6) is 0 Å². The monoisotopic (exact) mass is 264 g/mol. The normalized spacial score (nSPS) is 21.5. The molecule has 4 nitrogen and oxygen atoms in total. The Morgan fingerprint density at radius 3 is 2.84 bits per heavy atom. The van der Waals surface area contributed by atoms with Gasteiger partial charge in [0.1, 0.15) is 0 Å². The number of imidazole rings is 1. The molecule has 0 radical (unpaired) electrons. The maximum atomic E-state index is 4.42. The summed E-state index contributed by atoms with van der Waals surface area (Å²) in [5.74, 6) is 1.35. The van der Waals surface area contributed by atoms with Gasteiger partial charge in [0, 0.05) is 36.9 Å². The fraction of sp³-hybridized carbons (Fsp3) is 0.800. The van der Waals surface area contributed by atoms with Gasteiger partial charge < -0.3 is 14.8 Å². The van der Waals surface area contributed by atoms with E-state index >= 15 is 0 Å². The molecule has 0 aromatic carbocycles. The maximum absolute atomic E-state index is 4.42. The number of rotatable bonds is 6. The zero-order valence-corrected chi connectivity index (χ0v) is 12.8. The van der Waals surface area contributed by atoms with E-state index in [2.05, 4.69) is 53.9 Å². The standard InChI is InChI=1S/C15H28N4/c1-12(2)7-14(10-18(3)4)19-11-17-9-15(19)13-5-6-16-8-13/h9,11-14,16H,5-8,10H2,1-4H3. The summed E-state index contributed by atoms with van der Waals surface area (Å²) >= 11 is 0. The molecule has 2 unspecified atom stereocenters. The first-order valence-corrected chi connectivity index (χ1v) is 7.45. The Morgan fingerprint density at radius 2 is 2.26 bits per heavy atom. The van der Waals surface area contributed by atoms with Crippen LogP contribution in [0.1, 0.15) is 44.3 Å². The van der Waals surface area contributed by atoms with Crippen LogP contribution in [0.25, 0.3) is 0 Å². The fourth-order valence-corrected chi connectivity index (χ4v) is 3.08. The predicted molar refractivity (Wildman–Crippen MR) is 79.5 cm³/mol. The molecule has 1 fully saturated rings. The van der Waals surface area contributed by atoms with Gasteiger partial charge in [-0.25, -0.2) is 4.98 Å². The van der Waals surface area contributed by atoms with E-state index in [9.17, 15) is 0 Å². The van der Waals surface area contributed by atoms with E-state index in [1.165, 1.54) is 18.5 Å². The van der Waals surface area contributed by atoms with Crippen LogP contribution in [0.15, 0.2) is 12.5 Å². The number of nitrogens with one attached hydrogen (secondary N) is 1. The second-order valence-electron chi connectivity index (χ2n) is 6.46. The molecule has 1 saturated heterocycles. The first-order chi connectivity index (χ1) is 9.08. The van der Waals surface area contributed by atoms with Gasteiger partial charge in [0.25, 0.3) is 0 Å². The van der Waals surface area contributed by atoms with Gasteiger partial charge in [-0.05, 0) is 39.4 Å². The van der Waals surface area contributed by atoms with Crippen molar-refractivity contribution in [3.8, 4) is 0 Å². The van der Waals surface area contributed by atoms with Crippen LogP contribution in [0.4, 0.5) is 0 Å². The van der Waals surface area contributed by atoms with Gasteiger partial charge in [-0.15, -0.1) is 0 Å². The largest absolute Gasteiger partial charge is 0.330 e. The molecule has 1 aliphatic heterocycles. The van der Waals surface area contributed by atoms with E-state index in [1.54, 1.807) is 0 Å². The van der Waals surface area contributed by atoms with E-state index in [0.717, 1.165) is 19.6 Å². The van der Waals surface area contributed by atoms with Crippen LogP contribution >= 0.6 is 0 Å². The van der Waals surface area contributed by atoms with Crippen LogP contribution in [-0.2, 0) is 0 Å². The van der Waals surface area contributed by atoms with Crippen molar-refractivity contribution in [3.05, 3.63) is 18.2 Å². The van der Waals surface area contributed by atoms with Gasteiger partial charge in [0.05, 0.1) is 6.33 Å². The molecule has 0 aliphatic carbocycles. The molecule has 0 spiro atoms. The van der Waals surface area contributed by atoms with Crippen molar-refractivity contribution < 1.29 is 0 Å². The summed E-state index contributed by atoms with van der Waals surface area (Å²) in [6.45, 7) is 7.93. The van der Waals surface area contributed by atoms with E-state index in [4.69, 9.17) is 0 Å². The number of hydrogen-bond donors (Lipinski definition) is 1. The third-order valence-electron chi connectivity index (χ3n) is 3.89. The zero-order chi connectivity index (χ0) is 13.8. The van der Waals surface area contributed by atoms with Crippen LogP contribution in [0.3, 0.4) is 0 Å². The van der Waals surface area contributed by atoms with E-state index in [0.29, 0.717) is 17.9 Å². The Labute approximate surface area is 117 Å². The SMILES string of the molecule is CC(C)CC(CN(C)C)n1cncc1C1CCNC1. The molecular formula is C15H28N4. The lowest BCUT2D eigenvalue weighted by atomic mass is 10.0. The molecule has 1 aliphatic rings. The van der Waals surface area contributed by atoms with Gasteiger partial charge in [0.2, 0.25) is 0 Å². The van der Waals surface area contributed by atoms with Crippen LogP contribution in [0.2, 0.25) is 0 Å². The van der Waals surface area contributed by atoms with Crippen molar-refractivity contribution in [2.75, 3.05) is 33.7 Å². The highest BCUT2D eigenvalue weighted by atomic mass is 15.2. The van der Waals surface area contributed by atoms with Gasteiger partial charge in [0.15, 0.2) is 0 Å². The molecule has 0 saturated carbocycles. The molecule has 4 heteroatoms. The van der Waals surface area contributed by atoms with E-state index in [1.807, 2.05) is 6.33 Å². The predicted octanol–water partition coefficient (Wildman–Crippen LogP) is 2.11. The summed E-state index contributed by atoms with van der Waals surface area (Å²) in [6.07, 6.45) is 6.55. The third-order valence-corrected chi connectivity index (χ3v) is 3.89. The summed E-state index contributed by atoms with van der Waals surface area (Å²) in [6, 6.07) is 0.535. The van der Waals surface area contributed by atoms with Crippen molar-refractivity contribution in [3.63, 3.8) is 0 Å². The highest BCUT2D eigenvalue weighted by molar-refractivity contribution is 5.10. The Kier molecular flexibility index (Phi) is 4.99. The maximum Gasteiger partial charge on any atom is 0.0951 e. The van der Waals surface area contributed by atoms with Crippen molar-refractivity contribution in [1.82, 2.24) is 19.8 Å². The number of likely N-dealkylation sites (N-methyl/N-ethyl adjacent to an activating group) is 1. The van der Waals surface area contributed by atoms with Crippen LogP contribution in [-0.4, -0.2) is 48.2 Å². The van der Waals surface area contributed by atoms with Crippen molar-refractivity contribution in [1.29, 1.82) is 0 Å². The third kappa shape index (κ3) is 3.80. The van der Waals surface area contributed by atoms with Crippen molar-refractivity contribution >= 4 is 0 Å². The minimum atomic E-state index is 0.535. The number of aromatic nitrogens is 2. The summed E-state index contributed by atoms with van der Waals surface area (Å²) in [4.78, 5) is 6.70. The lowest BCUT2D eigenvalue weighted by Gasteiger charge is -2.27. The smallest absolute Gasteiger partial charge is 0.0951 e. The number of hydrogen-bond acceptors (Lipinski definition) is 3. The molecule has 19 heavy (non-hydrogen) atoms. The quantitative estimate of drug-likeness (QED) is 0.854. The second kappa shape index (κ2) is 6.53. The molecule has 2 heterocycles. The molecule has 1 aromatic rings. The summed E-state index contributed by atoms with van der Waals surface area (Å²) in [5.41, 5.74) is 1.41. The first kappa shape index (κ1) is 14.5. The Bertz CT molecular complexity index is 367. The average molecular weight is 264 g/mol. The van der Waals surface area contributed by atoms with Crippen molar-refractivity contribution in [2.45, 2.75) is 38.6 Å². The number of nitrogens with zero attached hydrogens (tertiary/aromatic N) is 3. The molecule has 108 valence electrons. The Balaban J connectivity index is 2.17. The van der Waals surface area contributed by atoms with Crippen molar-refractivity contribution in [2.24, 2.45) is 5.92 Å². The van der Waals surface area contributed by atoms with E-state index < -0.39 is 0 Å². The van der Waals surface area contributed by atoms with Crippen LogP contribution in [0, 0.1) is 5.92 Å². The minimum absolute atomic E-state index is 0.535. The first-order valence-electron chi connectivity index (χ1n) is 7.45. The highest BCUT2D eigenvalue weighted by Crippen LogP contribution is 2.27. The molecular weight excluding hydrogens is 236 g/mol. The molecule has 2 atom stereocenters. The molecule has 1 N–H and O–H groups in total. The molecule has 0 amide bonds. The van der Waals surface area contributed by atoms with Gasteiger partial charge >= 0.3 is 0 Å². The molecule has 0 bridgehead atoms. The Hall–Kier alpha value is -0.870. The summed E-state index contributed by atoms with van der Waals surface area (Å²) in [7, 11) is 4.31. The lowest BCUT2D eigenvalue weighted by molar-refractivity contribution is 0.283. The summed E-state index contributed by atoms with van der Waals surface area (Å²) in [5, 5.41) is 3.46. The highest BCUT2D eigenvalue weighted by Gasteiger charge is 2.24. The van der Waals surface area contributed by atoms with Gasteiger partial charge in [-0.3, -0.25) is 0 Å². The second-order valence-corrected chi connectivity index (χ2v) is 6.46. The zero-order valence-electron chi connectivity index (χ0n) is 12.8. The lowest BCUT2D eigenvalue weighted by Crippen LogP contribution is -2.27. The Morgan fingerprint density at radius 1 is 1.47 bits per heavy atom. The van der Waals surface area contributed by atoms with Gasteiger partial charge in [-0.2, -0.15) is 0 Å². The average Bonchev–Trinajstić information content (AvgIpc) is 2.97. The minimum Gasteiger partial charge on any atom is -0.330 e. The van der Waals surface area contributed by atoms with E-state index in [-0.39, 0.29) is 0 Å². The fourth-order valence-electron chi connectivity index (χ4n) is 3.08.